The summed E-state index contributed by atoms with van der Waals surface area (Å²) in [6.07, 6.45) is 7.69. The number of phenolic OH excluding ortho intramolecular Hbond substituents is 1. The lowest BCUT2D eigenvalue weighted by Crippen LogP contribution is -2.47. The van der Waals surface area contributed by atoms with Gasteiger partial charge in [-0.15, -0.1) is 0 Å². The van der Waals surface area contributed by atoms with Crippen LogP contribution in [0, 0.1) is 0 Å². The van der Waals surface area contributed by atoms with E-state index in [2.05, 4.69) is 17.2 Å². The molecule has 1 aliphatic carbocycles. The third-order valence-corrected chi connectivity index (χ3v) is 7.75. The first-order valence-corrected chi connectivity index (χ1v) is 13.4. The Labute approximate surface area is 210 Å². The van der Waals surface area contributed by atoms with E-state index in [1.54, 1.807) is 11.0 Å². The number of nitrogens with one attached hydrogen (secondary N) is 2. The molecule has 1 atom stereocenters. The Morgan fingerprint density at radius 3 is 2.66 bits per heavy atom. The van der Waals surface area contributed by atoms with Crippen LogP contribution in [0.15, 0.2) is 47.3 Å². The topological polar surface area (TPSA) is 94.7 Å². The van der Waals surface area contributed by atoms with Crippen molar-refractivity contribution in [1.82, 2.24) is 15.2 Å². The molecule has 1 saturated carbocycles. The zero-order valence-corrected chi connectivity index (χ0v) is 21.1. The quantitative estimate of drug-likeness (QED) is 0.354. The number of benzene rings is 2. The maximum atomic E-state index is 13.2. The highest BCUT2D eigenvalue weighted by Crippen LogP contribution is 2.28. The molecule has 0 radical (unpaired) electrons. The number of hydrogen-bond acceptors (Lipinski definition) is 6. The third-order valence-electron chi connectivity index (χ3n) is 6.79. The highest BCUT2D eigenvalue weighted by atomic mass is 32.1. The first-order chi connectivity index (χ1) is 17.0. The van der Waals surface area contributed by atoms with E-state index in [4.69, 9.17) is 4.74 Å². The van der Waals surface area contributed by atoms with Crippen molar-refractivity contribution in [2.75, 3.05) is 13.1 Å². The van der Waals surface area contributed by atoms with Gasteiger partial charge in [-0.2, -0.15) is 0 Å². The van der Waals surface area contributed by atoms with Crippen LogP contribution in [0.1, 0.15) is 56.6 Å². The van der Waals surface area contributed by atoms with Crippen molar-refractivity contribution in [3.8, 4) is 5.75 Å². The summed E-state index contributed by atoms with van der Waals surface area (Å²) in [6, 6.07) is 13.5. The van der Waals surface area contributed by atoms with Gasteiger partial charge in [0.1, 0.15) is 17.9 Å². The molecular weight excluding hydrogens is 462 g/mol. The monoisotopic (exact) mass is 497 g/mol. The van der Waals surface area contributed by atoms with Gasteiger partial charge in [0, 0.05) is 25.2 Å². The van der Waals surface area contributed by atoms with E-state index in [0.717, 1.165) is 27.2 Å². The van der Waals surface area contributed by atoms with Crippen LogP contribution in [0.2, 0.25) is 0 Å². The summed E-state index contributed by atoms with van der Waals surface area (Å²) >= 11 is 1.08. The minimum absolute atomic E-state index is 0.0564. The fraction of sp³-hybridized carbons (Fsp3) is 0.481. The molecule has 1 unspecified atom stereocenters. The van der Waals surface area contributed by atoms with Crippen LogP contribution in [0.4, 0.5) is 4.79 Å². The SMILES string of the molecule is CC(CNC1CCCCCC1)N(CCc1ccc(O)c2[nH]c(=O)sc12)C(=O)OCc1ccccc1. The van der Waals surface area contributed by atoms with E-state index in [1.807, 2.05) is 36.4 Å². The van der Waals surface area contributed by atoms with Crippen molar-refractivity contribution in [2.45, 2.75) is 70.6 Å². The van der Waals surface area contributed by atoms with Crippen LogP contribution in [-0.2, 0) is 17.8 Å². The number of ether oxygens (including phenoxy) is 1. The molecule has 4 rings (SSSR count). The molecule has 3 N–H and O–H groups in total. The summed E-state index contributed by atoms with van der Waals surface area (Å²) in [4.78, 5) is 29.3. The fourth-order valence-electron chi connectivity index (χ4n) is 4.74. The van der Waals surface area contributed by atoms with Gasteiger partial charge in [0.2, 0.25) is 0 Å². The molecule has 0 spiro atoms. The van der Waals surface area contributed by atoms with Gasteiger partial charge in [-0.1, -0.05) is 73.4 Å². The van der Waals surface area contributed by atoms with Crippen molar-refractivity contribution in [3.63, 3.8) is 0 Å². The number of rotatable bonds is 9. The highest BCUT2D eigenvalue weighted by Gasteiger charge is 2.23. The van der Waals surface area contributed by atoms with Gasteiger partial charge < -0.3 is 25.0 Å². The normalized spacial score (nSPS) is 15.6. The Morgan fingerprint density at radius 1 is 1.17 bits per heavy atom. The lowest BCUT2D eigenvalue weighted by molar-refractivity contribution is 0.0826. The molecular formula is C27H35N3O4S. The van der Waals surface area contributed by atoms with Gasteiger partial charge in [-0.25, -0.2) is 4.79 Å². The molecule has 2 aromatic carbocycles. The Bertz CT molecular complexity index is 1150. The number of fused-ring (bicyclic) bond motifs is 1. The number of H-pyrrole nitrogens is 1. The molecule has 1 fully saturated rings. The van der Waals surface area contributed by atoms with Crippen LogP contribution < -0.4 is 10.2 Å². The minimum Gasteiger partial charge on any atom is -0.506 e. The lowest BCUT2D eigenvalue weighted by atomic mass is 10.1. The maximum Gasteiger partial charge on any atom is 0.410 e. The van der Waals surface area contributed by atoms with Gasteiger partial charge in [-0.05, 0) is 43.4 Å². The predicted octanol–water partition coefficient (Wildman–Crippen LogP) is 5.18. The summed E-state index contributed by atoms with van der Waals surface area (Å²) in [5.41, 5.74) is 2.33. The van der Waals surface area contributed by atoms with Crippen molar-refractivity contribution in [1.29, 1.82) is 0 Å². The molecule has 1 aliphatic rings. The van der Waals surface area contributed by atoms with Crippen molar-refractivity contribution in [2.24, 2.45) is 0 Å². The van der Waals surface area contributed by atoms with Crippen molar-refractivity contribution < 1.29 is 14.6 Å². The number of aromatic amines is 1. The van der Waals surface area contributed by atoms with Gasteiger partial charge >= 0.3 is 11.0 Å². The molecule has 188 valence electrons. The maximum absolute atomic E-state index is 13.2. The van der Waals surface area contributed by atoms with Gasteiger partial charge in [0.25, 0.3) is 0 Å². The molecule has 1 heterocycles. The van der Waals surface area contributed by atoms with Crippen LogP contribution >= 0.6 is 11.3 Å². The third kappa shape index (κ3) is 6.86. The first kappa shape index (κ1) is 25.3. The Morgan fingerprint density at radius 2 is 1.91 bits per heavy atom. The predicted molar refractivity (Wildman–Crippen MR) is 140 cm³/mol. The standard InChI is InChI=1S/C27H35N3O4S/c1-19(17-28-22-11-7-2-3-8-12-22)30(27(33)34-18-20-9-5-4-6-10-20)16-15-21-13-14-23(31)24-25(21)35-26(32)29-24/h4-6,9-10,13-14,19,22,28,31H,2-3,7-8,11-12,15-18H2,1H3,(H,29,32). The van der Waals surface area contributed by atoms with Crippen LogP contribution in [-0.4, -0.2) is 46.3 Å². The summed E-state index contributed by atoms with van der Waals surface area (Å²) in [7, 11) is 0. The molecule has 0 saturated heterocycles. The lowest BCUT2D eigenvalue weighted by Gasteiger charge is -2.30. The van der Waals surface area contributed by atoms with Crippen LogP contribution in [0.3, 0.4) is 0 Å². The van der Waals surface area contributed by atoms with Crippen LogP contribution in [0.5, 0.6) is 5.75 Å². The van der Waals surface area contributed by atoms with E-state index in [-0.39, 0.29) is 29.4 Å². The number of thiazole rings is 1. The van der Waals surface area contributed by atoms with E-state index < -0.39 is 0 Å². The second kappa shape index (κ2) is 12.2. The van der Waals surface area contributed by atoms with Crippen molar-refractivity contribution in [3.05, 3.63) is 63.3 Å². The summed E-state index contributed by atoms with van der Waals surface area (Å²) in [6.45, 7) is 3.43. The fourth-order valence-corrected chi connectivity index (χ4v) is 5.63. The molecule has 1 amide bonds. The smallest absolute Gasteiger partial charge is 0.410 e. The number of amides is 1. The Kier molecular flexibility index (Phi) is 8.82. The number of phenols is 1. The second-order valence-electron chi connectivity index (χ2n) is 9.39. The zero-order chi connectivity index (χ0) is 24.6. The number of carbonyl (C=O) groups excluding carboxylic acids is 1. The first-order valence-electron chi connectivity index (χ1n) is 12.6. The number of nitrogens with zero attached hydrogens (tertiary/aromatic N) is 1. The van der Waals surface area contributed by atoms with Crippen LogP contribution in [0.25, 0.3) is 10.2 Å². The molecule has 0 aliphatic heterocycles. The molecule has 35 heavy (non-hydrogen) atoms. The molecule has 7 nitrogen and oxygen atoms in total. The Hall–Kier alpha value is -2.84. The second-order valence-corrected chi connectivity index (χ2v) is 10.4. The molecule has 8 heteroatoms. The summed E-state index contributed by atoms with van der Waals surface area (Å²) < 4.78 is 6.42. The number of aromatic hydroxyl groups is 1. The highest BCUT2D eigenvalue weighted by molar-refractivity contribution is 7.16. The Balaban J connectivity index is 1.45. The molecule has 3 aromatic rings. The average molecular weight is 498 g/mol. The van der Waals surface area contributed by atoms with Gasteiger partial charge in [0.15, 0.2) is 0 Å². The van der Waals surface area contributed by atoms with E-state index in [0.29, 0.717) is 31.1 Å². The minimum atomic E-state index is -0.346. The van der Waals surface area contributed by atoms with E-state index in [1.165, 1.54) is 38.5 Å². The van der Waals surface area contributed by atoms with E-state index >= 15 is 0 Å². The van der Waals surface area contributed by atoms with Gasteiger partial charge in [-0.3, -0.25) is 4.79 Å². The average Bonchev–Trinajstić information content (AvgIpc) is 3.08. The van der Waals surface area contributed by atoms with Crippen molar-refractivity contribution >= 4 is 27.6 Å². The number of aromatic nitrogens is 1. The molecule has 1 aromatic heterocycles. The number of hydrogen-bond donors (Lipinski definition) is 3. The molecule has 0 bridgehead atoms. The van der Waals surface area contributed by atoms with E-state index in [9.17, 15) is 14.7 Å². The largest absolute Gasteiger partial charge is 0.506 e. The number of carbonyl (C=O) groups is 1. The summed E-state index contributed by atoms with van der Waals surface area (Å²) in [5.74, 6) is 0.0576. The summed E-state index contributed by atoms with van der Waals surface area (Å²) in [5, 5.41) is 13.8. The van der Waals surface area contributed by atoms with Gasteiger partial charge in [0.05, 0.1) is 4.70 Å². The zero-order valence-electron chi connectivity index (χ0n) is 20.3.